The van der Waals surface area contributed by atoms with Crippen LogP contribution in [-0.4, -0.2) is 35.3 Å². The third kappa shape index (κ3) is 3.88. The average molecular weight is 347 g/mol. The molecule has 0 saturated heterocycles. The van der Waals surface area contributed by atoms with Crippen molar-refractivity contribution in [2.24, 2.45) is 0 Å². The summed E-state index contributed by atoms with van der Waals surface area (Å²) in [6.07, 6.45) is 1.56. The van der Waals surface area contributed by atoms with Crippen LogP contribution in [0.4, 0.5) is 0 Å². The molecule has 0 aliphatic rings. The fraction of sp³-hybridized carbons (Fsp3) is 0.190. The summed E-state index contributed by atoms with van der Waals surface area (Å²) in [5, 5.41) is 3.64. The van der Waals surface area contributed by atoms with Crippen LogP contribution in [0, 0.1) is 6.92 Å². The van der Waals surface area contributed by atoms with E-state index in [1.165, 1.54) is 0 Å². The van der Waals surface area contributed by atoms with Crippen molar-refractivity contribution >= 4 is 22.7 Å². The van der Waals surface area contributed by atoms with Gasteiger partial charge in [0.15, 0.2) is 0 Å². The van der Waals surface area contributed by atoms with E-state index in [1.54, 1.807) is 18.1 Å². The van der Waals surface area contributed by atoms with Gasteiger partial charge in [-0.25, -0.2) is 0 Å². The fourth-order valence-corrected chi connectivity index (χ4v) is 2.84. The Morgan fingerprint density at radius 3 is 2.50 bits per heavy atom. The highest BCUT2D eigenvalue weighted by molar-refractivity contribution is 6.01. The Labute approximate surface area is 152 Å². The molecule has 26 heavy (non-hydrogen) atoms. The van der Waals surface area contributed by atoms with E-state index in [1.807, 2.05) is 61.5 Å². The maximum atomic E-state index is 12.5. The van der Waals surface area contributed by atoms with Crippen LogP contribution < -0.4 is 5.32 Å². The van der Waals surface area contributed by atoms with E-state index >= 15 is 0 Å². The van der Waals surface area contributed by atoms with Gasteiger partial charge in [-0.2, -0.15) is 0 Å². The van der Waals surface area contributed by atoms with Crippen molar-refractivity contribution in [3.8, 4) is 0 Å². The number of carbonyl (C=O) groups excluding carboxylic acids is 2. The molecule has 0 radical (unpaired) electrons. The average Bonchev–Trinajstić information content (AvgIpc) is 2.67. The molecule has 2 amide bonds. The first-order chi connectivity index (χ1) is 12.6. The van der Waals surface area contributed by atoms with Crippen molar-refractivity contribution in [3.05, 3.63) is 77.5 Å². The lowest BCUT2D eigenvalue weighted by Crippen LogP contribution is -2.38. The van der Waals surface area contributed by atoms with Gasteiger partial charge in [-0.15, -0.1) is 0 Å². The standard InChI is InChI=1S/C21H21N3O2/c1-15-17-10-6-7-11-19(17)22-12-18(15)21(26)23-13-20(25)24(2)14-16-8-4-3-5-9-16/h3-12H,13-14H2,1-2H3,(H,23,26). The molecule has 1 aromatic heterocycles. The van der Waals surface area contributed by atoms with E-state index in [4.69, 9.17) is 0 Å². The molecular formula is C21H21N3O2. The van der Waals surface area contributed by atoms with Crippen LogP contribution >= 0.6 is 0 Å². The third-order valence-electron chi connectivity index (χ3n) is 4.38. The van der Waals surface area contributed by atoms with Crippen LogP contribution in [-0.2, 0) is 11.3 Å². The van der Waals surface area contributed by atoms with E-state index in [0.29, 0.717) is 12.1 Å². The lowest BCUT2D eigenvalue weighted by atomic mass is 10.0. The van der Waals surface area contributed by atoms with E-state index in [0.717, 1.165) is 22.0 Å². The van der Waals surface area contributed by atoms with Gasteiger partial charge >= 0.3 is 0 Å². The van der Waals surface area contributed by atoms with Gasteiger partial charge in [0.1, 0.15) is 0 Å². The van der Waals surface area contributed by atoms with Crippen molar-refractivity contribution in [3.63, 3.8) is 0 Å². The Bertz CT molecular complexity index is 938. The molecule has 1 heterocycles. The Balaban J connectivity index is 1.63. The second-order valence-corrected chi connectivity index (χ2v) is 6.23. The van der Waals surface area contributed by atoms with Gasteiger partial charge in [0.05, 0.1) is 17.6 Å². The summed E-state index contributed by atoms with van der Waals surface area (Å²) in [7, 11) is 1.73. The number of nitrogens with zero attached hydrogens (tertiary/aromatic N) is 2. The number of nitrogens with one attached hydrogen (secondary N) is 1. The largest absolute Gasteiger partial charge is 0.343 e. The number of hydrogen-bond acceptors (Lipinski definition) is 3. The Hall–Kier alpha value is -3.21. The van der Waals surface area contributed by atoms with Crippen LogP contribution in [0.5, 0.6) is 0 Å². The maximum absolute atomic E-state index is 12.5. The molecule has 0 bridgehead atoms. The lowest BCUT2D eigenvalue weighted by Gasteiger charge is -2.18. The minimum Gasteiger partial charge on any atom is -0.343 e. The quantitative estimate of drug-likeness (QED) is 0.772. The third-order valence-corrected chi connectivity index (χ3v) is 4.38. The summed E-state index contributed by atoms with van der Waals surface area (Å²) in [5.41, 5.74) is 3.24. The molecule has 1 N–H and O–H groups in total. The van der Waals surface area contributed by atoms with Gasteiger partial charge in [-0.1, -0.05) is 48.5 Å². The molecule has 2 aromatic carbocycles. The molecule has 0 spiro atoms. The summed E-state index contributed by atoms with van der Waals surface area (Å²) < 4.78 is 0. The second kappa shape index (κ2) is 7.78. The van der Waals surface area contributed by atoms with Crippen LogP contribution in [0.2, 0.25) is 0 Å². The zero-order valence-electron chi connectivity index (χ0n) is 14.9. The Morgan fingerprint density at radius 1 is 1.04 bits per heavy atom. The fourth-order valence-electron chi connectivity index (χ4n) is 2.84. The molecule has 0 unspecified atom stereocenters. The summed E-state index contributed by atoms with van der Waals surface area (Å²) in [4.78, 5) is 30.7. The molecule has 0 aliphatic carbocycles. The van der Waals surface area contributed by atoms with E-state index < -0.39 is 0 Å². The number of amides is 2. The first-order valence-electron chi connectivity index (χ1n) is 8.46. The number of fused-ring (bicyclic) bond motifs is 1. The Morgan fingerprint density at radius 2 is 1.73 bits per heavy atom. The number of pyridine rings is 1. The van der Waals surface area contributed by atoms with Gasteiger partial charge in [-0.05, 0) is 24.1 Å². The molecule has 0 aliphatic heterocycles. The zero-order chi connectivity index (χ0) is 18.5. The smallest absolute Gasteiger partial charge is 0.253 e. The SMILES string of the molecule is Cc1c(C(=O)NCC(=O)N(C)Cc2ccccc2)cnc2ccccc12. The summed E-state index contributed by atoms with van der Waals surface area (Å²) in [6, 6.07) is 17.4. The first-order valence-corrected chi connectivity index (χ1v) is 8.46. The van der Waals surface area contributed by atoms with Crippen molar-refractivity contribution in [2.75, 3.05) is 13.6 Å². The molecule has 3 aromatic rings. The van der Waals surface area contributed by atoms with Gasteiger partial charge < -0.3 is 10.2 Å². The molecule has 0 atom stereocenters. The monoisotopic (exact) mass is 347 g/mol. The number of para-hydroxylation sites is 1. The normalized spacial score (nSPS) is 10.5. The van der Waals surface area contributed by atoms with Crippen molar-refractivity contribution in [1.82, 2.24) is 15.2 Å². The minimum atomic E-state index is -0.290. The molecule has 0 fully saturated rings. The van der Waals surface area contributed by atoms with E-state index in [-0.39, 0.29) is 18.4 Å². The van der Waals surface area contributed by atoms with E-state index in [9.17, 15) is 9.59 Å². The highest BCUT2D eigenvalue weighted by Gasteiger charge is 2.15. The van der Waals surface area contributed by atoms with Crippen molar-refractivity contribution in [2.45, 2.75) is 13.5 Å². The molecule has 5 nitrogen and oxygen atoms in total. The van der Waals surface area contributed by atoms with Gasteiger partial charge in [0.25, 0.3) is 5.91 Å². The van der Waals surface area contributed by atoms with E-state index in [2.05, 4.69) is 10.3 Å². The van der Waals surface area contributed by atoms with Crippen LogP contribution in [0.25, 0.3) is 10.9 Å². The predicted octanol–water partition coefficient (Wildman–Crippen LogP) is 2.93. The molecule has 132 valence electrons. The minimum absolute atomic E-state index is 0.0472. The highest BCUT2D eigenvalue weighted by atomic mass is 16.2. The maximum Gasteiger partial charge on any atom is 0.253 e. The topological polar surface area (TPSA) is 62.3 Å². The number of benzene rings is 2. The molecular weight excluding hydrogens is 326 g/mol. The summed E-state index contributed by atoms with van der Waals surface area (Å²) >= 11 is 0. The predicted molar refractivity (Wildman–Crippen MR) is 102 cm³/mol. The number of hydrogen-bond donors (Lipinski definition) is 1. The van der Waals surface area contributed by atoms with Crippen molar-refractivity contribution < 1.29 is 9.59 Å². The van der Waals surface area contributed by atoms with Crippen LogP contribution in [0.1, 0.15) is 21.5 Å². The van der Waals surface area contributed by atoms with Crippen LogP contribution in [0.15, 0.2) is 60.8 Å². The summed E-state index contributed by atoms with van der Waals surface area (Å²) in [6.45, 7) is 2.35. The molecule has 3 rings (SSSR count). The molecule has 0 saturated carbocycles. The van der Waals surface area contributed by atoms with Gasteiger partial charge in [0, 0.05) is 25.2 Å². The van der Waals surface area contributed by atoms with Gasteiger partial charge in [-0.3, -0.25) is 14.6 Å². The number of carbonyl (C=O) groups is 2. The summed E-state index contributed by atoms with van der Waals surface area (Å²) in [5.74, 6) is -0.434. The lowest BCUT2D eigenvalue weighted by molar-refractivity contribution is -0.129. The van der Waals surface area contributed by atoms with Crippen LogP contribution in [0.3, 0.4) is 0 Å². The van der Waals surface area contributed by atoms with Gasteiger partial charge in [0.2, 0.25) is 5.91 Å². The number of aromatic nitrogens is 1. The Kier molecular flexibility index (Phi) is 5.27. The first kappa shape index (κ1) is 17.6. The number of likely N-dealkylation sites (N-methyl/N-ethyl adjacent to an activating group) is 1. The number of aryl methyl sites for hydroxylation is 1. The second-order valence-electron chi connectivity index (χ2n) is 6.23. The van der Waals surface area contributed by atoms with Crippen molar-refractivity contribution in [1.29, 1.82) is 0 Å². The highest BCUT2D eigenvalue weighted by Crippen LogP contribution is 2.19. The number of rotatable bonds is 5. The molecule has 5 heteroatoms. The zero-order valence-corrected chi connectivity index (χ0v) is 14.9.